The molecule has 1 saturated heterocycles. The molecule has 1 aliphatic heterocycles. The fourth-order valence-corrected chi connectivity index (χ4v) is 2.00. The summed E-state index contributed by atoms with van der Waals surface area (Å²) in [5.74, 6) is 5.03. The highest BCUT2D eigenvalue weighted by molar-refractivity contribution is 5.82. The minimum Gasteiger partial charge on any atom is -0.378 e. The Morgan fingerprint density at radius 1 is 1.47 bits per heavy atom. The van der Waals surface area contributed by atoms with E-state index in [0.29, 0.717) is 37.4 Å². The van der Waals surface area contributed by atoms with Gasteiger partial charge in [0.05, 0.1) is 24.8 Å². The van der Waals surface area contributed by atoms with E-state index in [9.17, 15) is 4.79 Å². The SMILES string of the molecule is N#Cc1cccc(C(ON)C(=O)N2CCOCC2)c1. The van der Waals surface area contributed by atoms with Crippen LogP contribution in [0.2, 0.25) is 0 Å². The summed E-state index contributed by atoms with van der Waals surface area (Å²) >= 11 is 0. The van der Waals surface area contributed by atoms with E-state index in [1.54, 1.807) is 29.2 Å². The molecule has 0 radical (unpaired) electrons. The Balaban J connectivity index is 2.18. The smallest absolute Gasteiger partial charge is 0.258 e. The van der Waals surface area contributed by atoms with Crippen LogP contribution < -0.4 is 5.90 Å². The van der Waals surface area contributed by atoms with Gasteiger partial charge in [0.1, 0.15) is 0 Å². The summed E-state index contributed by atoms with van der Waals surface area (Å²) in [7, 11) is 0. The Morgan fingerprint density at radius 3 is 2.84 bits per heavy atom. The first-order valence-corrected chi connectivity index (χ1v) is 5.98. The molecule has 6 nitrogen and oxygen atoms in total. The van der Waals surface area contributed by atoms with Crippen LogP contribution in [0.1, 0.15) is 17.2 Å². The number of amides is 1. The average molecular weight is 261 g/mol. The van der Waals surface area contributed by atoms with Crippen LogP contribution in [0.4, 0.5) is 0 Å². The monoisotopic (exact) mass is 261 g/mol. The molecular weight excluding hydrogens is 246 g/mol. The maximum Gasteiger partial charge on any atom is 0.258 e. The molecule has 1 aliphatic rings. The van der Waals surface area contributed by atoms with Crippen molar-refractivity contribution >= 4 is 5.91 Å². The van der Waals surface area contributed by atoms with E-state index in [4.69, 9.17) is 20.7 Å². The Labute approximate surface area is 111 Å². The third-order valence-electron chi connectivity index (χ3n) is 3.00. The van der Waals surface area contributed by atoms with Gasteiger partial charge in [-0.1, -0.05) is 12.1 Å². The van der Waals surface area contributed by atoms with E-state index in [1.807, 2.05) is 6.07 Å². The van der Waals surface area contributed by atoms with Crippen LogP contribution in [-0.4, -0.2) is 37.1 Å². The number of carbonyl (C=O) groups excluding carboxylic acids is 1. The van der Waals surface area contributed by atoms with Gasteiger partial charge >= 0.3 is 0 Å². The van der Waals surface area contributed by atoms with E-state index < -0.39 is 6.10 Å². The molecular formula is C13H15N3O3. The third kappa shape index (κ3) is 3.09. The molecule has 1 amide bonds. The van der Waals surface area contributed by atoms with Crippen LogP contribution >= 0.6 is 0 Å². The maximum absolute atomic E-state index is 12.3. The predicted molar refractivity (Wildman–Crippen MR) is 66.6 cm³/mol. The Bertz CT molecular complexity index is 492. The minimum absolute atomic E-state index is 0.208. The predicted octanol–water partition coefficient (Wildman–Crippen LogP) is 0.348. The van der Waals surface area contributed by atoms with Gasteiger partial charge in [0.2, 0.25) is 0 Å². The highest BCUT2D eigenvalue weighted by atomic mass is 16.6. The van der Waals surface area contributed by atoms with Gasteiger partial charge in [0.25, 0.3) is 5.91 Å². The number of nitriles is 1. The zero-order chi connectivity index (χ0) is 13.7. The van der Waals surface area contributed by atoms with Crippen LogP contribution in [0.25, 0.3) is 0 Å². The van der Waals surface area contributed by atoms with Gasteiger partial charge in [-0.2, -0.15) is 5.26 Å². The third-order valence-corrected chi connectivity index (χ3v) is 3.00. The van der Waals surface area contributed by atoms with Crippen LogP contribution in [0.3, 0.4) is 0 Å². The lowest BCUT2D eigenvalue weighted by atomic mass is 10.1. The number of hydrogen-bond donors (Lipinski definition) is 1. The molecule has 6 heteroatoms. The van der Waals surface area contributed by atoms with Crippen molar-refractivity contribution in [2.75, 3.05) is 26.3 Å². The molecule has 0 spiro atoms. The number of hydrogen-bond acceptors (Lipinski definition) is 5. The average Bonchev–Trinajstić information content (AvgIpc) is 2.49. The summed E-state index contributed by atoms with van der Waals surface area (Å²) in [4.78, 5) is 18.8. The van der Waals surface area contributed by atoms with Gasteiger partial charge in [0, 0.05) is 13.1 Å². The second kappa shape index (κ2) is 6.29. The number of ether oxygens (including phenoxy) is 1. The van der Waals surface area contributed by atoms with Crippen molar-refractivity contribution in [1.29, 1.82) is 5.26 Å². The van der Waals surface area contributed by atoms with Gasteiger partial charge < -0.3 is 9.64 Å². The van der Waals surface area contributed by atoms with E-state index in [-0.39, 0.29) is 5.91 Å². The molecule has 2 rings (SSSR count). The first-order valence-electron chi connectivity index (χ1n) is 5.98. The highest BCUT2D eigenvalue weighted by Gasteiger charge is 2.27. The van der Waals surface area contributed by atoms with E-state index in [0.717, 1.165) is 0 Å². The Kier molecular flexibility index (Phi) is 4.47. The molecule has 1 aromatic carbocycles. The largest absolute Gasteiger partial charge is 0.378 e. The number of nitrogens with zero attached hydrogens (tertiary/aromatic N) is 2. The summed E-state index contributed by atoms with van der Waals surface area (Å²) in [5.41, 5.74) is 1.05. The van der Waals surface area contributed by atoms with Crippen molar-refractivity contribution in [2.45, 2.75) is 6.10 Å². The molecule has 0 aromatic heterocycles. The van der Waals surface area contributed by atoms with Crippen LogP contribution in [0, 0.1) is 11.3 Å². The van der Waals surface area contributed by atoms with Gasteiger partial charge in [-0.15, -0.1) is 0 Å². The standard InChI is InChI=1S/C13H15N3O3/c14-9-10-2-1-3-11(8-10)12(19-15)13(17)16-4-6-18-7-5-16/h1-3,8,12H,4-7,15H2. The fourth-order valence-electron chi connectivity index (χ4n) is 2.00. The zero-order valence-electron chi connectivity index (χ0n) is 10.4. The molecule has 2 N–H and O–H groups in total. The maximum atomic E-state index is 12.3. The Hall–Kier alpha value is -1.94. The van der Waals surface area contributed by atoms with Gasteiger partial charge in [-0.3, -0.25) is 9.63 Å². The van der Waals surface area contributed by atoms with E-state index in [1.165, 1.54) is 0 Å². The van der Waals surface area contributed by atoms with Crippen LogP contribution in [0.15, 0.2) is 24.3 Å². The lowest BCUT2D eigenvalue weighted by molar-refractivity contribution is -0.148. The quantitative estimate of drug-likeness (QED) is 0.793. The zero-order valence-corrected chi connectivity index (χ0v) is 10.4. The number of rotatable bonds is 3. The normalized spacial score (nSPS) is 16.7. The lowest BCUT2D eigenvalue weighted by Gasteiger charge is -2.29. The molecule has 0 bridgehead atoms. The van der Waals surface area contributed by atoms with Crippen LogP contribution in [0.5, 0.6) is 0 Å². The molecule has 100 valence electrons. The summed E-state index contributed by atoms with van der Waals surface area (Å²) < 4.78 is 5.20. The lowest BCUT2D eigenvalue weighted by Crippen LogP contribution is -2.44. The van der Waals surface area contributed by atoms with E-state index in [2.05, 4.69) is 0 Å². The molecule has 19 heavy (non-hydrogen) atoms. The molecule has 0 saturated carbocycles. The molecule has 1 atom stereocenters. The first kappa shape index (κ1) is 13.5. The summed E-state index contributed by atoms with van der Waals surface area (Å²) in [6.45, 7) is 2.08. The van der Waals surface area contributed by atoms with Crippen molar-refractivity contribution < 1.29 is 14.4 Å². The van der Waals surface area contributed by atoms with Gasteiger partial charge in [-0.05, 0) is 17.7 Å². The summed E-state index contributed by atoms with van der Waals surface area (Å²) in [6.07, 6.45) is -0.883. The molecule has 0 aliphatic carbocycles. The number of carbonyl (C=O) groups is 1. The number of morpholine rings is 1. The molecule has 1 unspecified atom stereocenters. The second-order valence-electron chi connectivity index (χ2n) is 4.19. The first-order chi connectivity index (χ1) is 9.26. The van der Waals surface area contributed by atoms with Crippen molar-refractivity contribution in [1.82, 2.24) is 4.90 Å². The molecule has 1 aromatic rings. The molecule has 1 heterocycles. The topological polar surface area (TPSA) is 88.6 Å². The van der Waals surface area contributed by atoms with Crippen molar-refractivity contribution in [2.24, 2.45) is 5.90 Å². The highest BCUT2D eigenvalue weighted by Crippen LogP contribution is 2.20. The second-order valence-corrected chi connectivity index (χ2v) is 4.19. The molecule has 1 fully saturated rings. The van der Waals surface area contributed by atoms with Gasteiger partial charge in [0.15, 0.2) is 6.10 Å². The summed E-state index contributed by atoms with van der Waals surface area (Å²) in [6, 6.07) is 8.71. The van der Waals surface area contributed by atoms with Crippen LogP contribution in [-0.2, 0) is 14.4 Å². The van der Waals surface area contributed by atoms with E-state index >= 15 is 0 Å². The fraction of sp³-hybridized carbons (Fsp3) is 0.385. The number of nitrogens with two attached hydrogens (primary N) is 1. The van der Waals surface area contributed by atoms with Gasteiger partial charge in [-0.25, -0.2) is 5.90 Å². The van der Waals surface area contributed by atoms with Crippen molar-refractivity contribution in [3.8, 4) is 6.07 Å². The summed E-state index contributed by atoms with van der Waals surface area (Å²) in [5, 5.41) is 8.87. The Morgan fingerprint density at radius 2 is 2.21 bits per heavy atom. The van der Waals surface area contributed by atoms with Crippen molar-refractivity contribution in [3.05, 3.63) is 35.4 Å². The number of benzene rings is 1. The van der Waals surface area contributed by atoms with Crippen molar-refractivity contribution in [3.63, 3.8) is 0 Å². The minimum atomic E-state index is -0.883.